The maximum Gasteiger partial charge on any atom is 0.413 e. The zero-order valence-electron chi connectivity index (χ0n) is 12.9. The zero-order chi connectivity index (χ0) is 17.8. The fourth-order valence-electron chi connectivity index (χ4n) is 1.79. The Labute approximate surface area is 130 Å². The van der Waals surface area contributed by atoms with Crippen LogP contribution in [0.2, 0.25) is 0 Å². The van der Waals surface area contributed by atoms with Gasteiger partial charge in [-0.15, -0.1) is 0 Å². The largest absolute Gasteiger partial charge is 0.413 e. The van der Waals surface area contributed by atoms with E-state index in [-0.39, 0.29) is 6.54 Å². The third kappa shape index (κ3) is 5.34. The number of rotatable bonds is 5. The number of alkyl halides is 3. The second-order valence-electron chi connectivity index (χ2n) is 5.28. The Kier molecular flexibility index (Phi) is 6.31. The molecule has 0 aliphatic rings. The summed E-state index contributed by atoms with van der Waals surface area (Å²) in [5.74, 6) is -2.74. The third-order valence-corrected chi connectivity index (χ3v) is 3.11. The van der Waals surface area contributed by atoms with Gasteiger partial charge in [-0.25, -0.2) is 13.6 Å². The van der Waals surface area contributed by atoms with E-state index in [2.05, 4.69) is 0 Å². The van der Waals surface area contributed by atoms with Crippen molar-refractivity contribution in [3.05, 3.63) is 35.4 Å². The fraction of sp³-hybridized carbons (Fsp3) is 0.500. The van der Waals surface area contributed by atoms with E-state index in [4.69, 9.17) is 0 Å². The third-order valence-electron chi connectivity index (χ3n) is 3.11. The molecule has 1 atom stereocenters. The number of nitrogens with zero attached hydrogens (tertiary/aromatic N) is 2. The Balaban J connectivity index is 2.99. The summed E-state index contributed by atoms with van der Waals surface area (Å²) in [6.45, 7) is 0.581. The van der Waals surface area contributed by atoms with E-state index in [1.165, 1.54) is 7.05 Å². The highest BCUT2D eigenvalue weighted by molar-refractivity contribution is 5.74. The van der Waals surface area contributed by atoms with E-state index >= 15 is 0 Å². The second-order valence-corrected chi connectivity index (χ2v) is 5.28. The first kappa shape index (κ1) is 19.1. The van der Waals surface area contributed by atoms with Gasteiger partial charge >= 0.3 is 12.2 Å². The zero-order valence-corrected chi connectivity index (χ0v) is 12.9. The van der Waals surface area contributed by atoms with E-state index in [0.717, 1.165) is 11.0 Å². The molecule has 0 unspecified atom stereocenters. The lowest BCUT2D eigenvalue weighted by atomic mass is 10.1. The molecule has 1 aromatic rings. The van der Waals surface area contributed by atoms with Crippen molar-refractivity contribution in [3.63, 3.8) is 0 Å². The van der Waals surface area contributed by atoms with Crippen LogP contribution in [-0.2, 0) is 0 Å². The number of urea groups is 1. The van der Waals surface area contributed by atoms with Gasteiger partial charge < -0.3 is 15.1 Å². The Morgan fingerprint density at radius 1 is 1.13 bits per heavy atom. The minimum atomic E-state index is -5.04. The van der Waals surface area contributed by atoms with Crippen molar-refractivity contribution in [1.29, 1.82) is 0 Å². The Hall–Kier alpha value is -1.90. The van der Waals surface area contributed by atoms with Crippen LogP contribution in [0.15, 0.2) is 18.2 Å². The summed E-state index contributed by atoms with van der Waals surface area (Å²) in [6.07, 6.45) is -5.04. The maximum absolute atomic E-state index is 13.6. The molecule has 0 aliphatic carbocycles. The lowest BCUT2D eigenvalue weighted by Gasteiger charge is -2.26. The van der Waals surface area contributed by atoms with Crippen LogP contribution in [-0.4, -0.2) is 56.2 Å². The number of carbonyl (C=O) groups excluding carboxylic acids is 1. The van der Waals surface area contributed by atoms with E-state index in [9.17, 15) is 26.7 Å². The minimum Gasteiger partial charge on any atom is -0.327 e. The molecule has 4 nitrogen and oxygen atoms in total. The normalized spacial score (nSPS) is 13.1. The van der Waals surface area contributed by atoms with E-state index in [1.54, 1.807) is 24.3 Å². The van der Waals surface area contributed by atoms with Crippen molar-refractivity contribution < 1.29 is 26.7 Å². The van der Waals surface area contributed by atoms with Crippen molar-refractivity contribution >= 4 is 6.03 Å². The topological polar surface area (TPSA) is 35.6 Å². The van der Waals surface area contributed by atoms with Gasteiger partial charge in [0.2, 0.25) is 0 Å². The van der Waals surface area contributed by atoms with Gasteiger partial charge in [0.15, 0.2) is 6.04 Å². The number of halogens is 5. The van der Waals surface area contributed by atoms with Crippen LogP contribution in [0, 0.1) is 11.6 Å². The van der Waals surface area contributed by atoms with Crippen molar-refractivity contribution in [2.24, 2.45) is 0 Å². The summed E-state index contributed by atoms with van der Waals surface area (Å²) >= 11 is 0. The smallest absolute Gasteiger partial charge is 0.327 e. The summed E-state index contributed by atoms with van der Waals surface area (Å²) < 4.78 is 66.6. The minimum absolute atomic E-state index is 0.156. The number of carbonyl (C=O) groups is 1. The molecule has 1 rings (SSSR count). The Morgan fingerprint density at radius 3 is 2.09 bits per heavy atom. The summed E-state index contributed by atoms with van der Waals surface area (Å²) in [5, 5.41) is 1.64. The number of nitrogens with one attached hydrogen (secondary N) is 1. The molecule has 0 fully saturated rings. The highest BCUT2D eigenvalue weighted by atomic mass is 19.4. The molecule has 0 heterocycles. The van der Waals surface area contributed by atoms with Crippen LogP contribution < -0.4 is 5.32 Å². The van der Waals surface area contributed by atoms with Crippen LogP contribution in [0.25, 0.3) is 0 Å². The Bertz CT molecular complexity index is 527. The number of likely N-dealkylation sites (N-methyl/N-ethyl adjacent to an activating group) is 2. The molecule has 0 bridgehead atoms. The van der Waals surface area contributed by atoms with Gasteiger partial charge in [0.1, 0.15) is 11.6 Å². The molecule has 0 radical (unpaired) electrons. The van der Waals surface area contributed by atoms with Gasteiger partial charge in [-0.1, -0.05) is 6.07 Å². The van der Waals surface area contributed by atoms with E-state index in [0.29, 0.717) is 18.7 Å². The summed E-state index contributed by atoms with van der Waals surface area (Å²) in [7, 11) is 4.77. The molecule has 1 N–H and O–H groups in total. The predicted molar refractivity (Wildman–Crippen MR) is 74.9 cm³/mol. The molecule has 9 heteroatoms. The van der Waals surface area contributed by atoms with Crippen molar-refractivity contribution in [3.8, 4) is 0 Å². The molecule has 0 spiro atoms. The van der Waals surface area contributed by atoms with Crippen molar-refractivity contribution in [2.45, 2.75) is 12.2 Å². The van der Waals surface area contributed by atoms with Crippen LogP contribution in [0.3, 0.4) is 0 Å². The molecule has 0 saturated carbocycles. The maximum atomic E-state index is 13.6. The second kappa shape index (κ2) is 7.58. The lowest BCUT2D eigenvalue weighted by molar-refractivity contribution is -0.156. The first-order chi connectivity index (χ1) is 10.5. The average molecular weight is 339 g/mol. The molecular formula is C14H18F5N3O. The highest BCUT2D eigenvalue weighted by Crippen LogP contribution is 2.35. The summed E-state index contributed by atoms with van der Waals surface area (Å²) in [4.78, 5) is 14.6. The van der Waals surface area contributed by atoms with Crippen LogP contribution >= 0.6 is 0 Å². The van der Waals surface area contributed by atoms with Gasteiger partial charge in [-0.3, -0.25) is 0 Å². The molecule has 0 aliphatic heterocycles. The molecule has 23 heavy (non-hydrogen) atoms. The van der Waals surface area contributed by atoms with Crippen LogP contribution in [0.5, 0.6) is 0 Å². The standard InChI is InChI=1S/C14H18F5N3O/c1-21(2)7-8-22(3)13(23)20-12(14(17,18)19)11-9(15)5-4-6-10(11)16/h4-6,12H,7-8H2,1-3H3,(H,20,23)/t12-/m0/s1. The number of benzene rings is 1. The fourth-order valence-corrected chi connectivity index (χ4v) is 1.79. The van der Waals surface area contributed by atoms with Crippen molar-refractivity contribution in [1.82, 2.24) is 15.1 Å². The van der Waals surface area contributed by atoms with Gasteiger partial charge in [-0.05, 0) is 26.2 Å². The summed E-state index contributed by atoms with van der Waals surface area (Å²) in [6, 6.07) is -1.47. The van der Waals surface area contributed by atoms with Crippen LogP contribution in [0.4, 0.5) is 26.7 Å². The van der Waals surface area contributed by atoms with Gasteiger partial charge in [0.25, 0.3) is 0 Å². The molecule has 0 saturated heterocycles. The number of hydrogen-bond acceptors (Lipinski definition) is 2. The molecule has 1 aromatic carbocycles. The van der Waals surface area contributed by atoms with Crippen LogP contribution in [0.1, 0.15) is 11.6 Å². The molecule has 130 valence electrons. The van der Waals surface area contributed by atoms with Gasteiger partial charge in [-0.2, -0.15) is 13.2 Å². The van der Waals surface area contributed by atoms with E-state index < -0.39 is 35.4 Å². The lowest BCUT2D eigenvalue weighted by Crippen LogP contribution is -2.46. The number of hydrogen-bond donors (Lipinski definition) is 1. The predicted octanol–water partition coefficient (Wildman–Crippen LogP) is 2.77. The monoisotopic (exact) mass is 339 g/mol. The molecular weight excluding hydrogens is 321 g/mol. The average Bonchev–Trinajstić information content (AvgIpc) is 2.42. The van der Waals surface area contributed by atoms with Crippen molar-refractivity contribution in [2.75, 3.05) is 34.2 Å². The van der Waals surface area contributed by atoms with E-state index in [1.807, 2.05) is 0 Å². The van der Waals surface area contributed by atoms with Gasteiger partial charge in [0.05, 0.1) is 5.56 Å². The first-order valence-electron chi connectivity index (χ1n) is 6.71. The van der Waals surface area contributed by atoms with Gasteiger partial charge in [0, 0.05) is 20.1 Å². The molecule has 2 amide bonds. The first-order valence-corrected chi connectivity index (χ1v) is 6.71. The number of amides is 2. The highest BCUT2D eigenvalue weighted by Gasteiger charge is 2.45. The SMILES string of the molecule is CN(C)CCN(C)C(=O)N[C@@H](c1c(F)cccc1F)C(F)(F)F. The summed E-state index contributed by atoms with van der Waals surface area (Å²) in [5.41, 5.74) is -1.23. The molecule has 0 aromatic heterocycles. The quantitative estimate of drug-likeness (QED) is 0.838. The Morgan fingerprint density at radius 2 is 1.65 bits per heavy atom.